The summed E-state index contributed by atoms with van der Waals surface area (Å²) >= 11 is 0. The van der Waals surface area contributed by atoms with Gasteiger partial charge in [0.2, 0.25) is 5.91 Å². The fourth-order valence-electron chi connectivity index (χ4n) is 3.65. The molecule has 6 heteroatoms. The van der Waals surface area contributed by atoms with Crippen LogP contribution < -0.4 is 10.6 Å². The number of anilines is 1. The van der Waals surface area contributed by atoms with Crippen LogP contribution in [0.15, 0.2) is 54.6 Å². The third-order valence-electron chi connectivity index (χ3n) is 5.29. The summed E-state index contributed by atoms with van der Waals surface area (Å²) in [4.78, 5) is 13.0. The van der Waals surface area contributed by atoms with E-state index in [-0.39, 0.29) is 18.3 Å². The van der Waals surface area contributed by atoms with Gasteiger partial charge in [-0.25, -0.2) is 0 Å². The van der Waals surface area contributed by atoms with Gasteiger partial charge in [-0.3, -0.25) is 4.79 Å². The average molecular weight is 419 g/mol. The van der Waals surface area contributed by atoms with E-state index in [1.807, 2.05) is 42.5 Å². The zero-order chi connectivity index (χ0) is 19.7. The summed E-state index contributed by atoms with van der Waals surface area (Å²) in [5.74, 6) is 0.0398. The highest BCUT2D eigenvalue weighted by molar-refractivity contribution is 5.95. The van der Waals surface area contributed by atoms with Crippen molar-refractivity contribution in [1.29, 1.82) is 0 Å². The molecule has 1 amide bonds. The van der Waals surface area contributed by atoms with Gasteiger partial charge in [-0.2, -0.15) is 0 Å². The van der Waals surface area contributed by atoms with Gasteiger partial charge in [0.25, 0.3) is 0 Å². The Labute approximate surface area is 179 Å². The van der Waals surface area contributed by atoms with E-state index in [1.165, 1.54) is 5.56 Å². The van der Waals surface area contributed by atoms with Gasteiger partial charge in [-0.1, -0.05) is 42.5 Å². The Kier molecular flexibility index (Phi) is 9.61. The molecule has 3 rings (SSSR count). The van der Waals surface area contributed by atoms with Crippen molar-refractivity contribution >= 4 is 24.0 Å². The van der Waals surface area contributed by atoms with Crippen molar-refractivity contribution < 1.29 is 14.3 Å². The zero-order valence-electron chi connectivity index (χ0n) is 17.0. The molecule has 1 saturated heterocycles. The van der Waals surface area contributed by atoms with Crippen molar-refractivity contribution in [3.05, 3.63) is 65.7 Å². The van der Waals surface area contributed by atoms with E-state index in [0.29, 0.717) is 19.8 Å². The Morgan fingerprint density at radius 2 is 1.79 bits per heavy atom. The molecule has 0 aliphatic carbocycles. The van der Waals surface area contributed by atoms with Gasteiger partial charge >= 0.3 is 0 Å². The summed E-state index contributed by atoms with van der Waals surface area (Å²) < 4.78 is 11.2. The molecular formula is C23H31ClN2O3. The number of hydrogen-bond acceptors (Lipinski definition) is 4. The molecule has 0 saturated carbocycles. The molecule has 2 aromatic carbocycles. The first-order valence-corrected chi connectivity index (χ1v) is 9.94. The molecule has 0 atom stereocenters. The molecule has 0 unspecified atom stereocenters. The molecule has 1 aliphatic rings. The Morgan fingerprint density at radius 1 is 1.07 bits per heavy atom. The maximum Gasteiger partial charge on any atom is 0.233 e. The topological polar surface area (TPSA) is 59.6 Å². The quantitative estimate of drug-likeness (QED) is 0.608. The summed E-state index contributed by atoms with van der Waals surface area (Å²) in [7, 11) is 1.66. The molecule has 0 spiro atoms. The number of ether oxygens (including phenoxy) is 2. The number of piperidine rings is 1. The van der Waals surface area contributed by atoms with Gasteiger partial charge in [0.1, 0.15) is 0 Å². The van der Waals surface area contributed by atoms with Gasteiger partial charge in [0.15, 0.2) is 0 Å². The first kappa shape index (κ1) is 23.4. The predicted molar refractivity (Wildman–Crippen MR) is 119 cm³/mol. The van der Waals surface area contributed by atoms with E-state index in [9.17, 15) is 4.79 Å². The molecule has 29 heavy (non-hydrogen) atoms. The lowest BCUT2D eigenvalue weighted by molar-refractivity contribution is -0.130. The van der Waals surface area contributed by atoms with Crippen LogP contribution in [0.3, 0.4) is 0 Å². The van der Waals surface area contributed by atoms with Crippen molar-refractivity contribution in [3.63, 3.8) is 0 Å². The average Bonchev–Trinajstić information content (AvgIpc) is 2.73. The van der Waals surface area contributed by atoms with Crippen molar-refractivity contribution in [2.24, 2.45) is 5.41 Å². The molecule has 1 aliphatic heterocycles. The summed E-state index contributed by atoms with van der Waals surface area (Å²) in [5.41, 5.74) is 2.68. The van der Waals surface area contributed by atoms with Crippen LogP contribution in [0, 0.1) is 5.41 Å². The molecule has 0 bridgehead atoms. The van der Waals surface area contributed by atoms with Gasteiger partial charge in [0, 0.05) is 12.8 Å². The molecule has 1 heterocycles. The number of carbonyl (C=O) groups is 1. The van der Waals surface area contributed by atoms with E-state index in [1.54, 1.807) is 7.11 Å². The Morgan fingerprint density at radius 3 is 2.52 bits per heavy atom. The van der Waals surface area contributed by atoms with Crippen molar-refractivity contribution in [1.82, 2.24) is 5.32 Å². The highest BCUT2D eigenvalue weighted by Gasteiger charge is 2.39. The maximum absolute atomic E-state index is 13.0. The van der Waals surface area contributed by atoms with Gasteiger partial charge in [-0.05, 0) is 55.6 Å². The van der Waals surface area contributed by atoms with Crippen molar-refractivity contribution in [3.8, 4) is 0 Å². The first-order valence-electron chi connectivity index (χ1n) is 9.94. The number of nitrogens with one attached hydrogen (secondary N) is 2. The normalized spacial score (nSPS) is 15.3. The van der Waals surface area contributed by atoms with E-state index < -0.39 is 5.41 Å². The molecule has 0 radical (unpaired) electrons. The molecule has 1 fully saturated rings. The van der Waals surface area contributed by atoms with Gasteiger partial charge in [-0.15, -0.1) is 12.4 Å². The minimum atomic E-state index is -0.456. The number of carbonyl (C=O) groups excluding carboxylic acids is 1. The van der Waals surface area contributed by atoms with Crippen molar-refractivity contribution in [2.75, 3.05) is 38.7 Å². The molecule has 0 aromatic heterocycles. The van der Waals surface area contributed by atoms with Gasteiger partial charge < -0.3 is 20.1 Å². The van der Waals surface area contributed by atoms with Crippen molar-refractivity contribution in [2.45, 2.75) is 25.9 Å². The maximum atomic E-state index is 13.0. The lowest BCUT2D eigenvalue weighted by Gasteiger charge is -2.35. The second kappa shape index (κ2) is 11.9. The third-order valence-corrected chi connectivity index (χ3v) is 5.29. The number of benzene rings is 2. The number of hydrogen-bond donors (Lipinski definition) is 2. The number of halogens is 1. The van der Waals surface area contributed by atoms with Crippen LogP contribution in [-0.2, 0) is 27.3 Å². The van der Waals surface area contributed by atoms with Crippen LogP contribution in [0.25, 0.3) is 0 Å². The monoisotopic (exact) mass is 418 g/mol. The number of amides is 1. The van der Waals surface area contributed by atoms with Crippen LogP contribution in [0.2, 0.25) is 0 Å². The fourth-order valence-corrected chi connectivity index (χ4v) is 3.65. The van der Waals surface area contributed by atoms with E-state index >= 15 is 0 Å². The zero-order valence-corrected chi connectivity index (χ0v) is 17.8. The molecule has 2 N–H and O–H groups in total. The van der Waals surface area contributed by atoms with Crippen LogP contribution >= 0.6 is 12.4 Å². The summed E-state index contributed by atoms with van der Waals surface area (Å²) in [6.45, 7) is 3.33. The standard InChI is InChI=1S/C23H30N2O3.ClH/c1-27-18-23(11-13-24-14-12-23)22(26)25-21-9-5-8-20(16-21)17-28-15-10-19-6-3-2-4-7-19;/h2-9,16,24H,10-15,17-18H2,1H3,(H,25,26);1H. The predicted octanol–water partition coefficient (Wildman–Crippen LogP) is 3.82. The number of methoxy groups -OCH3 is 1. The number of rotatable bonds is 9. The minimum Gasteiger partial charge on any atom is -0.384 e. The van der Waals surface area contributed by atoms with E-state index in [0.717, 1.165) is 43.6 Å². The van der Waals surface area contributed by atoms with E-state index in [2.05, 4.69) is 22.8 Å². The smallest absolute Gasteiger partial charge is 0.233 e. The minimum absolute atomic E-state index is 0. The largest absolute Gasteiger partial charge is 0.384 e. The molecule has 2 aromatic rings. The Hall–Kier alpha value is -1.92. The lowest BCUT2D eigenvalue weighted by Crippen LogP contribution is -2.47. The Balaban J connectivity index is 0.00000300. The van der Waals surface area contributed by atoms with Gasteiger partial charge in [0.05, 0.1) is 25.2 Å². The van der Waals surface area contributed by atoms with Crippen LogP contribution in [-0.4, -0.2) is 39.3 Å². The molecular weight excluding hydrogens is 388 g/mol. The van der Waals surface area contributed by atoms with Crippen LogP contribution in [0.4, 0.5) is 5.69 Å². The second-order valence-electron chi connectivity index (χ2n) is 7.41. The van der Waals surface area contributed by atoms with E-state index in [4.69, 9.17) is 9.47 Å². The Bertz CT molecular complexity index is 743. The molecule has 158 valence electrons. The summed E-state index contributed by atoms with van der Waals surface area (Å²) in [5, 5.41) is 6.41. The SMILES string of the molecule is COCC1(C(=O)Nc2cccc(COCCc3ccccc3)c2)CCNCC1.Cl. The summed E-state index contributed by atoms with van der Waals surface area (Å²) in [6, 6.07) is 18.2. The highest BCUT2D eigenvalue weighted by Crippen LogP contribution is 2.31. The third kappa shape index (κ3) is 6.82. The molecule has 5 nitrogen and oxygen atoms in total. The lowest BCUT2D eigenvalue weighted by atomic mass is 9.78. The van der Waals surface area contributed by atoms with Crippen LogP contribution in [0.1, 0.15) is 24.0 Å². The van der Waals surface area contributed by atoms with Crippen LogP contribution in [0.5, 0.6) is 0 Å². The first-order chi connectivity index (χ1) is 13.7. The fraction of sp³-hybridized carbons (Fsp3) is 0.435. The summed E-state index contributed by atoms with van der Waals surface area (Å²) in [6.07, 6.45) is 2.47. The highest BCUT2D eigenvalue weighted by atomic mass is 35.5. The second-order valence-corrected chi connectivity index (χ2v) is 7.41.